The Balaban J connectivity index is 2.10. The fourth-order valence-corrected chi connectivity index (χ4v) is 5.13. The van der Waals surface area contributed by atoms with E-state index >= 15 is 4.39 Å². The Labute approximate surface area is 206 Å². The first-order valence-corrected chi connectivity index (χ1v) is 12.6. The van der Waals surface area contributed by atoms with Crippen molar-refractivity contribution in [1.82, 2.24) is 0 Å². The third kappa shape index (κ3) is 4.79. The number of hydrogen-bond donors (Lipinski definition) is 0. The first-order valence-electron chi connectivity index (χ1n) is 12.6. The number of alkyl halides is 2. The van der Waals surface area contributed by atoms with E-state index in [0.29, 0.717) is 23.1 Å². The molecular weight excluding hydrogens is 422 g/mol. The molecule has 0 bridgehead atoms. The molecule has 2 aliphatic rings. The van der Waals surface area contributed by atoms with Crippen molar-refractivity contribution in [3.8, 4) is 0 Å². The van der Waals surface area contributed by atoms with Gasteiger partial charge in [-0.15, -0.1) is 6.58 Å². The summed E-state index contributed by atoms with van der Waals surface area (Å²) < 4.78 is 29.9. The standard InChI is InChI=1S/C32H42F2/c1-11-27(24(6)23(5)25(7)31(10)15-12-16-31)28-14-13-26(32(34)19-22(32)4)18-29(28)20(2)17-21(3)30(8,9)33/h11,13-14,17-18,22,27H,1-2,6,12,15-16,19H2,3-5,7-10H3/b21-17+,25-23+. The fraction of sp³-hybridized carbons (Fsp3) is 0.500. The van der Waals surface area contributed by atoms with Crippen LogP contribution in [0.2, 0.25) is 0 Å². The molecule has 0 N–H and O–H groups in total. The maximum Gasteiger partial charge on any atom is 0.139 e. The minimum Gasteiger partial charge on any atom is -0.240 e. The van der Waals surface area contributed by atoms with Crippen LogP contribution in [0, 0.1) is 11.3 Å². The average molecular weight is 465 g/mol. The van der Waals surface area contributed by atoms with Crippen molar-refractivity contribution in [1.29, 1.82) is 0 Å². The van der Waals surface area contributed by atoms with E-state index in [1.807, 2.05) is 31.2 Å². The Hall–Kier alpha value is -2.22. The second-order valence-electron chi connectivity index (χ2n) is 11.5. The van der Waals surface area contributed by atoms with E-state index in [1.54, 1.807) is 13.0 Å². The van der Waals surface area contributed by atoms with E-state index in [2.05, 4.69) is 40.5 Å². The van der Waals surface area contributed by atoms with Crippen LogP contribution in [-0.4, -0.2) is 5.67 Å². The third-order valence-corrected chi connectivity index (χ3v) is 8.78. The lowest BCUT2D eigenvalue weighted by Crippen LogP contribution is -2.27. The van der Waals surface area contributed by atoms with Gasteiger partial charge in [0.05, 0.1) is 0 Å². The molecule has 0 heterocycles. The lowest BCUT2D eigenvalue weighted by atomic mass is 9.64. The molecule has 0 radical (unpaired) electrons. The average Bonchev–Trinajstić information content (AvgIpc) is 3.37. The zero-order valence-electron chi connectivity index (χ0n) is 22.2. The summed E-state index contributed by atoms with van der Waals surface area (Å²) in [5.74, 6) is -0.138. The monoisotopic (exact) mass is 464 g/mol. The molecule has 0 aromatic heterocycles. The Kier molecular flexibility index (Phi) is 7.06. The molecule has 2 heteroatoms. The Morgan fingerprint density at radius 1 is 1.18 bits per heavy atom. The van der Waals surface area contributed by atoms with E-state index < -0.39 is 11.3 Å². The molecule has 34 heavy (non-hydrogen) atoms. The maximum atomic E-state index is 15.4. The van der Waals surface area contributed by atoms with Crippen molar-refractivity contribution in [3.05, 3.63) is 89.1 Å². The van der Waals surface area contributed by atoms with Gasteiger partial charge in [-0.05, 0) is 110 Å². The minimum atomic E-state index is -1.46. The van der Waals surface area contributed by atoms with Crippen LogP contribution in [0.4, 0.5) is 8.78 Å². The number of halogens is 2. The number of hydrogen-bond acceptors (Lipinski definition) is 0. The highest BCUT2D eigenvalue weighted by Crippen LogP contribution is 2.56. The van der Waals surface area contributed by atoms with Crippen LogP contribution in [0.5, 0.6) is 0 Å². The normalized spacial score (nSPS) is 25.7. The predicted molar refractivity (Wildman–Crippen MR) is 143 cm³/mol. The molecule has 3 rings (SSSR count). The Morgan fingerprint density at radius 3 is 2.21 bits per heavy atom. The first-order chi connectivity index (χ1) is 15.7. The molecule has 3 atom stereocenters. The number of rotatable bonds is 9. The van der Waals surface area contributed by atoms with Gasteiger partial charge in [0, 0.05) is 5.92 Å². The third-order valence-electron chi connectivity index (χ3n) is 8.78. The molecular formula is C32H42F2. The van der Waals surface area contributed by atoms with Crippen LogP contribution in [0.25, 0.3) is 5.57 Å². The van der Waals surface area contributed by atoms with Crippen molar-refractivity contribution in [2.24, 2.45) is 11.3 Å². The SMILES string of the molecule is C=CC(C(=C)/C(C)=C(\C)C1(C)CCC1)c1ccc(C2(F)CC2C)cc1C(=C)/C=C(\C)C(C)(C)F. The van der Waals surface area contributed by atoms with E-state index in [1.165, 1.54) is 44.3 Å². The molecule has 0 aliphatic heterocycles. The van der Waals surface area contributed by atoms with Crippen molar-refractivity contribution in [2.75, 3.05) is 0 Å². The van der Waals surface area contributed by atoms with Gasteiger partial charge in [-0.3, -0.25) is 0 Å². The fourth-order valence-electron chi connectivity index (χ4n) is 5.13. The van der Waals surface area contributed by atoms with E-state index in [-0.39, 0.29) is 17.3 Å². The number of benzene rings is 1. The molecule has 0 saturated heterocycles. The highest BCUT2D eigenvalue weighted by molar-refractivity contribution is 5.77. The van der Waals surface area contributed by atoms with Gasteiger partial charge >= 0.3 is 0 Å². The van der Waals surface area contributed by atoms with Crippen molar-refractivity contribution in [3.63, 3.8) is 0 Å². The smallest absolute Gasteiger partial charge is 0.139 e. The second-order valence-corrected chi connectivity index (χ2v) is 11.5. The summed E-state index contributed by atoms with van der Waals surface area (Å²) in [4.78, 5) is 0. The van der Waals surface area contributed by atoms with Gasteiger partial charge in [0.25, 0.3) is 0 Å². The van der Waals surface area contributed by atoms with Crippen LogP contribution in [0.15, 0.2) is 72.4 Å². The minimum absolute atomic E-state index is 0.00253. The topological polar surface area (TPSA) is 0 Å². The lowest BCUT2D eigenvalue weighted by Gasteiger charge is -2.41. The summed E-state index contributed by atoms with van der Waals surface area (Å²) in [5.41, 5.74) is 4.85. The summed E-state index contributed by atoms with van der Waals surface area (Å²) in [7, 11) is 0. The van der Waals surface area contributed by atoms with Gasteiger partial charge in [0.1, 0.15) is 11.3 Å². The molecule has 2 saturated carbocycles. The zero-order chi connectivity index (χ0) is 25.6. The summed E-state index contributed by atoms with van der Waals surface area (Å²) in [6.07, 6.45) is 7.91. The quantitative estimate of drug-likeness (QED) is 0.252. The molecule has 184 valence electrons. The van der Waals surface area contributed by atoms with Gasteiger partial charge in [0.15, 0.2) is 0 Å². The Bertz CT molecular complexity index is 1070. The van der Waals surface area contributed by atoms with Crippen LogP contribution >= 0.6 is 0 Å². The summed E-state index contributed by atoms with van der Waals surface area (Å²) in [6, 6.07) is 5.81. The molecule has 0 amide bonds. The van der Waals surface area contributed by atoms with Gasteiger partial charge in [-0.2, -0.15) is 0 Å². The van der Waals surface area contributed by atoms with Gasteiger partial charge < -0.3 is 0 Å². The summed E-state index contributed by atoms with van der Waals surface area (Å²) >= 11 is 0. The van der Waals surface area contributed by atoms with Gasteiger partial charge in [-0.1, -0.05) is 63.3 Å². The second kappa shape index (κ2) is 9.10. The first kappa shape index (κ1) is 26.4. The Morgan fingerprint density at radius 2 is 1.76 bits per heavy atom. The highest BCUT2D eigenvalue weighted by Gasteiger charge is 2.53. The largest absolute Gasteiger partial charge is 0.240 e. The predicted octanol–water partition coefficient (Wildman–Crippen LogP) is 9.95. The van der Waals surface area contributed by atoms with Crippen molar-refractivity contribution < 1.29 is 8.78 Å². The van der Waals surface area contributed by atoms with Crippen molar-refractivity contribution >= 4 is 5.57 Å². The maximum absolute atomic E-state index is 15.4. The van der Waals surface area contributed by atoms with Crippen LogP contribution in [0.3, 0.4) is 0 Å². The molecule has 0 spiro atoms. The molecule has 2 aliphatic carbocycles. The van der Waals surface area contributed by atoms with E-state index in [4.69, 9.17) is 0 Å². The summed E-state index contributed by atoms with van der Waals surface area (Å²) in [5, 5.41) is 0. The molecule has 1 aromatic rings. The van der Waals surface area contributed by atoms with Gasteiger partial charge in [0.2, 0.25) is 0 Å². The van der Waals surface area contributed by atoms with Gasteiger partial charge in [-0.25, -0.2) is 8.78 Å². The van der Waals surface area contributed by atoms with Crippen LogP contribution in [0.1, 0.15) is 96.8 Å². The number of allylic oxidation sites excluding steroid dienone is 7. The van der Waals surface area contributed by atoms with E-state index in [9.17, 15) is 4.39 Å². The highest BCUT2D eigenvalue weighted by atomic mass is 19.1. The molecule has 0 nitrogen and oxygen atoms in total. The lowest BCUT2D eigenvalue weighted by molar-refractivity contribution is 0.213. The molecule has 1 aromatic carbocycles. The molecule has 2 fully saturated rings. The van der Waals surface area contributed by atoms with Crippen molar-refractivity contribution in [2.45, 2.75) is 91.4 Å². The van der Waals surface area contributed by atoms with Crippen LogP contribution < -0.4 is 0 Å². The molecule has 3 unspecified atom stereocenters. The summed E-state index contributed by atoms with van der Waals surface area (Å²) in [6.45, 7) is 26.4. The van der Waals surface area contributed by atoms with E-state index in [0.717, 1.165) is 16.7 Å². The van der Waals surface area contributed by atoms with Crippen LogP contribution in [-0.2, 0) is 5.67 Å². The zero-order valence-corrected chi connectivity index (χ0v) is 22.2.